The van der Waals surface area contributed by atoms with Crippen LogP contribution in [0.25, 0.3) is 0 Å². The van der Waals surface area contributed by atoms with Crippen LogP contribution < -0.4 is 4.74 Å². The van der Waals surface area contributed by atoms with Gasteiger partial charge in [-0.05, 0) is 26.0 Å². The highest BCUT2D eigenvalue weighted by Crippen LogP contribution is 2.25. The summed E-state index contributed by atoms with van der Waals surface area (Å²) >= 11 is 1.55. The standard InChI is InChI=1S/C13H13NO4S/c1-7-12(19-8(2)14-7)6-18-9-3-4-10(13(16)17)11(15)5-9/h3-5,15H,6H2,1-2H3,(H,16,17). The molecule has 100 valence electrons. The summed E-state index contributed by atoms with van der Waals surface area (Å²) in [5, 5.41) is 19.3. The number of rotatable bonds is 4. The van der Waals surface area contributed by atoms with Gasteiger partial charge in [0.2, 0.25) is 0 Å². The lowest BCUT2D eigenvalue weighted by Crippen LogP contribution is -1.98. The average Bonchev–Trinajstić information content (AvgIpc) is 2.65. The number of aromatic carboxylic acids is 1. The quantitative estimate of drug-likeness (QED) is 0.899. The monoisotopic (exact) mass is 279 g/mol. The average molecular weight is 279 g/mol. The van der Waals surface area contributed by atoms with E-state index in [9.17, 15) is 9.90 Å². The van der Waals surface area contributed by atoms with E-state index in [1.165, 1.54) is 18.2 Å². The molecular formula is C13H13NO4S. The molecule has 1 aromatic carbocycles. The number of nitrogens with zero attached hydrogens (tertiary/aromatic N) is 1. The molecule has 6 heteroatoms. The molecule has 0 amide bonds. The van der Waals surface area contributed by atoms with Gasteiger partial charge in [-0.15, -0.1) is 11.3 Å². The molecule has 0 aliphatic heterocycles. The number of carbonyl (C=O) groups is 1. The number of hydrogen-bond donors (Lipinski definition) is 2. The number of phenols is 1. The van der Waals surface area contributed by atoms with Crippen molar-refractivity contribution in [1.29, 1.82) is 0 Å². The maximum atomic E-state index is 10.8. The van der Waals surface area contributed by atoms with Crippen molar-refractivity contribution in [2.75, 3.05) is 0 Å². The summed E-state index contributed by atoms with van der Waals surface area (Å²) in [5.41, 5.74) is 0.783. The fourth-order valence-electron chi connectivity index (χ4n) is 1.64. The Kier molecular flexibility index (Phi) is 3.71. The Morgan fingerprint density at radius 1 is 1.42 bits per heavy atom. The highest BCUT2D eigenvalue weighted by Gasteiger charge is 2.11. The van der Waals surface area contributed by atoms with E-state index in [4.69, 9.17) is 9.84 Å². The molecule has 2 aromatic rings. The number of hydrogen-bond acceptors (Lipinski definition) is 5. The molecule has 0 saturated carbocycles. The molecule has 0 saturated heterocycles. The van der Waals surface area contributed by atoms with Gasteiger partial charge < -0.3 is 14.9 Å². The molecule has 2 N–H and O–H groups in total. The third-order valence-electron chi connectivity index (χ3n) is 2.57. The van der Waals surface area contributed by atoms with E-state index in [1.807, 2.05) is 13.8 Å². The van der Waals surface area contributed by atoms with E-state index in [2.05, 4.69) is 4.98 Å². The lowest BCUT2D eigenvalue weighted by Gasteiger charge is -2.06. The topological polar surface area (TPSA) is 79.7 Å². The molecular weight excluding hydrogens is 266 g/mol. The minimum Gasteiger partial charge on any atom is -0.507 e. The zero-order valence-electron chi connectivity index (χ0n) is 10.5. The first-order valence-electron chi connectivity index (χ1n) is 5.59. The highest BCUT2D eigenvalue weighted by atomic mass is 32.1. The van der Waals surface area contributed by atoms with Crippen molar-refractivity contribution in [3.05, 3.63) is 39.3 Å². The molecule has 1 aromatic heterocycles. The lowest BCUT2D eigenvalue weighted by atomic mass is 10.2. The van der Waals surface area contributed by atoms with Crippen LogP contribution in [0.3, 0.4) is 0 Å². The number of aryl methyl sites for hydroxylation is 2. The molecule has 0 spiro atoms. The van der Waals surface area contributed by atoms with Gasteiger partial charge in [0, 0.05) is 6.07 Å². The molecule has 5 nitrogen and oxygen atoms in total. The number of carboxylic acid groups (broad SMARTS) is 1. The van der Waals surface area contributed by atoms with Gasteiger partial charge in [-0.25, -0.2) is 9.78 Å². The maximum Gasteiger partial charge on any atom is 0.339 e. The van der Waals surface area contributed by atoms with Gasteiger partial charge in [0.1, 0.15) is 23.7 Å². The summed E-state index contributed by atoms with van der Waals surface area (Å²) in [5.74, 6) is -1.05. The second-order valence-corrected chi connectivity index (χ2v) is 5.30. The van der Waals surface area contributed by atoms with Crippen molar-refractivity contribution in [2.24, 2.45) is 0 Å². The van der Waals surface area contributed by atoms with Crippen LogP contribution in [-0.2, 0) is 6.61 Å². The number of benzene rings is 1. The molecule has 0 fully saturated rings. The van der Waals surface area contributed by atoms with Crippen molar-refractivity contribution >= 4 is 17.3 Å². The second kappa shape index (κ2) is 5.27. The third-order valence-corrected chi connectivity index (χ3v) is 3.62. The summed E-state index contributed by atoms with van der Waals surface area (Å²) in [7, 11) is 0. The lowest BCUT2D eigenvalue weighted by molar-refractivity contribution is 0.0693. The molecule has 0 aliphatic carbocycles. The summed E-state index contributed by atoms with van der Waals surface area (Å²) < 4.78 is 5.52. The predicted molar refractivity (Wildman–Crippen MR) is 71.0 cm³/mol. The number of thiazole rings is 1. The molecule has 0 bridgehead atoms. The van der Waals surface area contributed by atoms with E-state index < -0.39 is 5.97 Å². The smallest absolute Gasteiger partial charge is 0.339 e. The van der Waals surface area contributed by atoms with E-state index in [1.54, 1.807) is 11.3 Å². The van der Waals surface area contributed by atoms with Gasteiger partial charge in [-0.2, -0.15) is 0 Å². The molecule has 0 aliphatic rings. The second-order valence-electron chi connectivity index (χ2n) is 4.01. The fourth-order valence-corrected chi connectivity index (χ4v) is 2.49. The number of aromatic nitrogens is 1. The van der Waals surface area contributed by atoms with Crippen LogP contribution in [0.15, 0.2) is 18.2 Å². The van der Waals surface area contributed by atoms with Crippen LogP contribution in [-0.4, -0.2) is 21.2 Å². The molecule has 2 rings (SSSR count). The molecule has 1 heterocycles. The highest BCUT2D eigenvalue weighted by molar-refractivity contribution is 7.11. The Morgan fingerprint density at radius 2 is 2.16 bits per heavy atom. The van der Waals surface area contributed by atoms with Crippen LogP contribution >= 0.6 is 11.3 Å². The van der Waals surface area contributed by atoms with Crippen molar-refractivity contribution in [3.63, 3.8) is 0 Å². The van der Waals surface area contributed by atoms with Crippen LogP contribution in [0.1, 0.15) is 25.9 Å². The van der Waals surface area contributed by atoms with Crippen LogP contribution in [0.5, 0.6) is 11.5 Å². The van der Waals surface area contributed by atoms with Crippen molar-refractivity contribution in [3.8, 4) is 11.5 Å². The van der Waals surface area contributed by atoms with Gasteiger partial charge in [0.05, 0.1) is 15.6 Å². The minimum atomic E-state index is -1.17. The predicted octanol–water partition coefficient (Wildman–Crippen LogP) is 2.74. The normalized spacial score (nSPS) is 10.4. The first-order chi connectivity index (χ1) is 8.97. The zero-order chi connectivity index (χ0) is 14.0. The Bertz CT molecular complexity index is 621. The van der Waals surface area contributed by atoms with Crippen molar-refractivity contribution in [2.45, 2.75) is 20.5 Å². The minimum absolute atomic E-state index is 0.142. The van der Waals surface area contributed by atoms with E-state index >= 15 is 0 Å². The SMILES string of the molecule is Cc1nc(C)c(COc2ccc(C(=O)O)c(O)c2)s1. The Labute approximate surface area is 114 Å². The summed E-state index contributed by atoms with van der Waals surface area (Å²) in [4.78, 5) is 16.1. The van der Waals surface area contributed by atoms with Gasteiger partial charge in [-0.3, -0.25) is 0 Å². The number of carboxylic acids is 1. The number of aromatic hydroxyl groups is 1. The molecule has 0 atom stereocenters. The van der Waals surface area contributed by atoms with Crippen LogP contribution in [0.4, 0.5) is 0 Å². The van der Waals surface area contributed by atoms with E-state index in [0.29, 0.717) is 12.4 Å². The van der Waals surface area contributed by atoms with Gasteiger partial charge in [0.25, 0.3) is 0 Å². The summed E-state index contributed by atoms with van der Waals surface area (Å²) in [6.45, 7) is 4.19. The van der Waals surface area contributed by atoms with E-state index in [0.717, 1.165) is 15.6 Å². The third kappa shape index (κ3) is 3.03. The Balaban J connectivity index is 2.10. The van der Waals surface area contributed by atoms with Gasteiger partial charge >= 0.3 is 5.97 Å². The van der Waals surface area contributed by atoms with Gasteiger partial charge in [-0.1, -0.05) is 0 Å². The van der Waals surface area contributed by atoms with Crippen LogP contribution in [0, 0.1) is 13.8 Å². The zero-order valence-corrected chi connectivity index (χ0v) is 11.3. The van der Waals surface area contributed by atoms with E-state index in [-0.39, 0.29) is 11.3 Å². The van der Waals surface area contributed by atoms with Crippen molar-refractivity contribution < 1.29 is 19.7 Å². The van der Waals surface area contributed by atoms with Crippen LogP contribution in [0.2, 0.25) is 0 Å². The first kappa shape index (κ1) is 13.4. The molecule has 0 radical (unpaired) electrons. The molecule has 19 heavy (non-hydrogen) atoms. The largest absolute Gasteiger partial charge is 0.507 e. The fraction of sp³-hybridized carbons (Fsp3) is 0.231. The Hall–Kier alpha value is -2.08. The maximum absolute atomic E-state index is 10.8. The number of ether oxygens (including phenoxy) is 1. The Morgan fingerprint density at radius 3 is 2.68 bits per heavy atom. The van der Waals surface area contributed by atoms with Crippen molar-refractivity contribution in [1.82, 2.24) is 4.98 Å². The summed E-state index contributed by atoms with van der Waals surface area (Å²) in [6.07, 6.45) is 0. The molecule has 0 unspecified atom stereocenters. The van der Waals surface area contributed by atoms with Gasteiger partial charge in [0.15, 0.2) is 0 Å². The summed E-state index contributed by atoms with van der Waals surface area (Å²) in [6, 6.07) is 4.14. The first-order valence-corrected chi connectivity index (χ1v) is 6.41.